The summed E-state index contributed by atoms with van der Waals surface area (Å²) in [4.78, 5) is 4.68. The van der Waals surface area contributed by atoms with Crippen LogP contribution in [0, 0.1) is 5.41 Å². The minimum Gasteiger partial charge on any atom is -0.377 e. The van der Waals surface area contributed by atoms with Crippen LogP contribution in [-0.4, -0.2) is 27.9 Å². The lowest BCUT2D eigenvalue weighted by molar-refractivity contribution is 0.177. The summed E-state index contributed by atoms with van der Waals surface area (Å²) in [6.07, 6.45) is 6.27. The zero-order chi connectivity index (χ0) is 14.2. The molecule has 0 saturated heterocycles. The molecular weight excluding hydrogens is 252 g/mol. The van der Waals surface area contributed by atoms with Gasteiger partial charge >= 0.3 is 0 Å². The number of rotatable bonds is 4. The van der Waals surface area contributed by atoms with E-state index >= 15 is 0 Å². The van der Waals surface area contributed by atoms with Crippen LogP contribution in [0.25, 0.3) is 0 Å². The number of hydrogen-bond acceptors (Lipinski definition) is 4. The Labute approximate surface area is 121 Å². The number of nitrogens with zero attached hydrogens (tertiary/aromatic N) is 3. The Morgan fingerprint density at radius 1 is 1.35 bits per heavy atom. The molecule has 5 nitrogen and oxygen atoms in total. The molecule has 112 valence electrons. The molecule has 0 radical (unpaired) electrons. The molecule has 1 N–H and O–H groups in total. The van der Waals surface area contributed by atoms with Crippen molar-refractivity contribution in [3.05, 3.63) is 11.6 Å². The van der Waals surface area contributed by atoms with Crippen molar-refractivity contribution in [2.24, 2.45) is 5.41 Å². The third kappa shape index (κ3) is 2.61. The molecule has 1 aliphatic heterocycles. The molecule has 20 heavy (non-hydrogen) atoms. The Hall–Kier alpha value is -0.940. The smallest absolute Gasteiger partial charge is 0.176 e. The molecule has 0 unspecified atom stereocenters. The molecule has 1 aromatic rings. The summed E-state index contributed by atoms with van der Waals surface area (Å²) in [5, 5.41) is 8.40. The van der Waals surface area contributed by atoms with Gasteiger partial charge in [0.1, 0.15) is 12.4 Å². The predicted molar refractivity (Wildman–Crippen MR) is 77.3 cm³/mol. The maximum atomic E-state index is 5.15. The van der Waals surface area contributed by atoms with E-state index in [9.17, 15) is 0 Å². The maximum Gasteiger partial charge on any atom is 0.176 e. The summed E-state index contributed by atoms with van der Waals surface area (Å²) < 4.78 is 7.22. The summed E-state index contributed by atoms with van der Waals surface area (Å²) in [7, 11) is 1.69. The highest BCUT2D eigenvalue weighted by Crippen LogP contribution is 2.39. The van der Waals surface area contributed by atoms with Crippen molar-refractivity contribution in [1.29, 1.82) is 0 Å². The van der Waals surface area contributed by atoms with E-state index in [1.165, 1.54) is 25.7 Å². The fourth-order valence-corrected chi connectivity index (χ4v) is 3.63. The van der Waals surface area contributed by atoms with Crippen LogP contribution >= 0.6 is 0 Å². The van der Waals surface area contributed by atoms with Crippen LogP contribution in [-0.2, 0) is 17.9 Å². The number of hydrogen-bond donors (Lipinski definition) is 1. The first-order valence-corrected chi connectivity index (χ1v) is 7.79. The van der Waals surface area contributed by atoms with Gasteiger partial charge in [-0.15, -0.1) is 0 Å². The minimum absolute atomic E-state index is 0.351. The van der Waals surface area contributed by atoms with E-state index < -0.39 is 0 Å². The van der Waals surface area contributed by atoms with Crippen LogP contribution in [0.5, 0.6) is 0 Å². The van der Waals surface area contributed by atoms with Gasteiger partial charge in [0.2, 0.25) is 0 Å². The molecule has 0 aromatic carbocycles. The number of nitrogens with one attached hydrogen (secondary N) is 1. The van der Waals surface area contributed by atoms with Gasteiger partial charge in [-0.2, -0.15) is 5.10 Å². The Kier molecular flexibility index (Phi) is 3.82. The first-order chi connectivity index (χ1) is 9.60. The molecule has 1 aliphatic carbocycles. The molecule has 0 bridgehead atoms. The Balaban J connectivity index is 1.76. The average Bonchev–Trinajstić information content (AvgIpc) is 2.94. The van der Waals surface area contributed by atoms with Crippen LogP contribution in [0.4, 0.5) is 0 Å². The van der Waals surface area contributed by atoms with E-state index in [-0.39, 0.29) is 0 Å². The highest BCUT2D eigenvalue weighted by atomic mass is 16.5. The lowest BCUT2D eigenvalue weighted by atomic mass is 9.86. The molecule has 1 aromatic heterocycles. The first kappa shape index (κ1) is 14.0. The normalized spacial score (nSPS) is 28.6. The third-order valence-electron chi connectivity index (χ3n) is 4.85. The van der Waals surface area contributed by atoms with Crippen LogP contribution in [0.2, 0.25) is 0 Å². The molecule has 2 heterocycles. The number of aryl methyl sites for hydroxylation is 1. The van der Waals surface area contributed by atoms with E-state index in [2.05, 4.69) is 33.9 Å². The predicted octanol–water partition coefficient (Wildman–Crippen LogP) is 2.43. The van der Waals surface area contributed by atoms with Gasteiger partial charge in [-0.3, -0.25) is 0 Å². The Morgan fingerprint density at radius 2 is 2.20 bits per heavy atom. The second-order valence-electron chi connectivity index (χ2n) is 6.84. The molecule has 5 heteroatoms. The van der Waals surface area contributed by atoms with Crippen LogP contribution in [0.3, 0.4) is 0 Å². The van der Waals surface area contributed by atoms with Crippen molar-refractivity contribution >= 4 is 0 Å². The summed E-state index contributed by atoms with van der Waals surface area (Å²) in [5.41, 5.74) is 0.400. The largest absolute Gasteiger partial charge is 0.377 e. The van der Waals surface area contributed by atoms with E-state index in [0.717, 1.165) is 24.6 Å². The number of fused-ring (bicyclic) bond motifs is 1. The highest BCUT2D eigenvalue weighted by Gasteiger charge is 2.37. The maximum absolute atomic E-state index is 5.15. The van der Waals surface area contributed by atoms with Gasteiger partial charge in [0.25, 0.3) is 0 Å². The summed E-state index contributed by atoms with van der Waals surface area (Å²) >= 11 is 0. The van der Waals surface area contributed by atoms with Gasteiger partial charge in [0.15, 0.2) is 5.82 Å². The van der Waals surface area contributed by atoms with Crippen molar-refractivity contribution in [3.8, 4) is 0 Å². The molecule has 0 spiro atoms. The van der Waals surface area contributed by atoms with Crippen molar-refractivity contribution in [2.75, 3.05) is 7.11 Å². The van der Waals surface area contributed by atoms with Crippen LogP contribution in [0.15, 0.2) is 0 Å². The zero-order valence-corrected chi connectivity index (χ0v) is 12.9. The molecule has 1 saturated carbocycles. The number of methoxy groups -OCH3 is 1. The van der Waals surface area contributed by atoms with Crippen molar-refractivity contribution in [1.82, 2.24) is 20.1 Å². The standard InChI is InChI=1S/C15H26N4O/c1-15(2)8-4-7-12(15)16-11-6-5-9-19-14(11)17-13(18-19)10-20-3/h11-12,16H,4-10H2,1-3H3/t11-,12-/m0/s1. The molecular formula is C15H26N4O. The summed E-state index contributed by atoms with van der Waals surface area (Å²) in [6.45, 7) is 6.24. The van der Waals surface area contributed by atoms with Crippen molar-refractivity contribution in [3.63, 3.8) is 0 Å². The molecule has 0 amide bonds. The number of aromatic nitrogens is 3. The van der Waals surface area contributed by atoms with E-state index in [1.807, 2.05) is 0 Å². The van der Waals surface area contributed by atoms with Crippen molar-refractivity contribution in [2.45, 2.75) is 71.2 Å². The lowest BCUT2D eigenvalue weighted by Crippen LogP contribution is -2.42. The fourth-order valence-electron chi connectivity index (χ4n) is 3.63. The minimum atomic E-state index is 0.351. The van der Waals surface area contributed by atoms with E-state index in [4.69, 9.17) is 4.74 Å². The molecule has 2 aliphatic rings. The van der Waals surface area contributed by atoms with Gasteiger partial charge in [0, 0.05) is 19.7 Å². The zero-order valence-electron chi connectivity index (χ0n) is 12.9. The molecule has 2 atom stereocenters. The Morgan fingerprint density at radius 3 is 2.90 bits per heavy atom. The molecule has 1 fully saturated rings. The van der Waals surface area contributed by atoms with Gasteiger partial charge in [0.05, 0.1) is 6.04 Å². The second-order valence-corrected chi connectivity index (χ2v) is 6.84. The average molecular weight is 278 g/mol. The van der Waals surface area contributed by atoms with Crippen LogP contribution < -0.4 is 5.32 Å². The van der Waals surface area contributed by atoms with Gasteiger partial charge in [-0.25, -0.2) is 9.67 Å². The van der Waals surface area contributed by atoms with E-state index in [1.54, 1.807) is 7.11 Å². The molecule has 3 rings (SSSR count). The summed E-state index contributed by atoms with van der Waals surface area (Å²) in [5.74, 6) is 1.91. The van der Waals surface area contributed by atoms with E-state index in [0.29, 0.717) is 24.1 Å². The highest BCUT2D eigenvalue weighted by molar-refractivity contribution is 5.04. The van der Waals surface area contributed by atoms with Gasteiger partial charge < -0.3 is 10.1 Å². The third-order valence-corrected chi connectivity index (χ3v) is 4.85. The Bertz CT molecular complexity index is 468. The summed E-state index contributed by atoms with van der Waals surface area (Å²) in [6, 6.07) is 0.950. The lowest BCUT2D eigenvalue weighted by Gasteiger charge is -2.33. The van der Waals surface area contributed by atoms with Crippen LogP contribution in [0.1, 0.15) is 63.6 Å². The monoisotopic (exact) mass is 278 g/mol. The fraction of sp³-hybridized carbons (Fsp3) is 0.867. The first-order valence-electron chi connectivity index (χ1n) is 7.79. The SMILES string of the molecule is COCc1nc2n(n1)CCC[C@@H]2N[C@H]1CCCC1(C)C. The topological polar surface area (TPSA) is 52.0 Å². The second kappa shape index (κ2) is 5.45. The van der Waals surface area contributed by atoms with Crippen molar-refractivity contribution < 1.29 is 4.74 Å². The quantitative estimate of drug-likeness (QED) is 0.919. The number of ether oxygens (including phenoxy) is 1. The van der Waals surface area contributed by atoms with Gasteiger partial charge in [-0.05, 0) is 31.1 Å². The van der Waals surface area contributed by atoms with Gasteiger partial charge in [-0.1, -0.05) is 20.3 Å².